The lowest BCUT2D eigenvalue weighted by atomic mass is 9.90. The molecule has 0 N–H and O–H groups in total. The molecule has 1 aromatic rings. The highest BCUT2D eigenvalue weighted by Crippen LogP contribution is 2.38. The summed E-state index contributed by atoms with van der Waals surface area (Å²) in [5, 5.41) is 0.471. The summed E-state index contributed by atoms with van der Waals surface area (Å²) in [5.41, 5.74) is 0. The number of rotatable bonds is 6. The average molecular weight is 447 g/mol. The number of methoxy groups -OCH3 is 1. The van der Waals surface area contributed by atoms with Gasteiger partial charge in [0.2, 0.25) is 15.9 Å². The van der Waals surface area contributed by atoms with Crippen LogP contribution in [0, 0.1) is 5.92 Å². The maximum atomic E-state index is 13.6. The topological polar surface area (TPSA) is 66.9 Å². The van der Waals surface area contributed by atoms with Crippen LogP contribution in [0.1, 0.15) is 19.3 Å². The molecule has 0 radical (unpaired) electrons. The fourth-order valence-electron chi connectivity index (χ4n) is 4.10. The van der Waals surface area contributed by atoms with E-state index in [9.17, 15) is 13.2 Å². The van der Waals surface area contributed by atoms with Crippen molar-refractivity contribution in [2.24, 2.45) is 5.92 Å². The van der Waals surface area contributed by atoms with Gasteiger partial charge in [0.25, 0.3) is 0 Å². The predicted molar refractivity (Wildman–Crippen MR) is 109 cm³/mol. The summed E-state index contributed by atoms with van der Waals surface area (Å²) in [6.45, 7) is 5.13. The number of benzene rings is 1. The molecule has 3 rings (SSSR count). The Morgan fingerprint density at radius 2 is 1.93 bits per heavy atom. The van der Waals surface area contributed by atoms with Crippen LogP contribution in [-0.4, -0.2) is 62.4 Å². The first-order valence-corrected chi connectivity index (χ1v) is 11.4. The third-order valence-corrected chi connectivity index (χ3v) is 7.76. The number of carbonyl (C=O) groups excluding carboxylic acids is 1. The first-order chi connectivity index (χ1) is 13.3. The molecule has 2 aliphatic rings. The monoisotopic (exact) mass is 446 g/mol. The molecule has 6 nitrogen and oxygen atoms in total. The minimum absolute atomic E-state index is 0.00264. The van der Waals surface area contributed by atoms with E-state index in [-0.39, 0.29) is 32.8 Å². The number of hydrogen-bond acceptors (Lipinski definition) is 4. The van der Waals surface area contributed by atoms with Gasteiger partial charge in [0, 0.05) is 42.2 Å². The standard InChI is InChI=1S/C19H24Cl2N2O4S/c1-3-13-12-22(7-8-27-2)19(24)18-6-4-5-17(13)23(18)28(25,26)16-10-14(20)9-15(21)11-16/h3,9-11,13,17-18H,1,4-8,12H2,2H3. The van der Waals surface area contributed by atoms with E-state index in [1.54, 1.807) is 18.1 Å². The largest absolute Gasteiger partial charge is 0.383 e. The summed E-state index contributed by atoms with van der Waals surface area (Å²) in [7, 11) is -2.40. The highest BCUT2D eigenvalue weighted by Gasteiger charge is 2.49. The van der Waals surface area contributed by atoms with Crippen molar-refractivity contribution in [2.75, 3.05) is 26.8 Å². The zero-order chi connectivity index (χ0) is 20.5. The van der Waals surface area contributed by atoms with Crippen LogP contribution in [0.3, 0.4) is 0 Å². The molecule has 3 unspecified atom stereocenters. The second-order valence-electron chi connectivity index (χ2n) is 7.13. The molecule has 0 spiro atoms. The Kier molecular flexibility index (Phi) is 6.72. The lowest BCUT2D eigenvalue weighted by Crippen LogP contribution is -2.54. The summed E-state index contributed by atoms with van der Waals surface area (Å²) >= 11 is 12.1. The van der Waals surface area contributed by atoms with Crippen molar-refractivity contribution in [1.29, 1.82) is 0 Å². The summed E-state index contributed by atoms with van der Waals surface area (Å²) in [6.07, 6.45) is 3.69. The smallest absolute Gasteiger partial charge is 0.244 e. The second kappa shape index (κ2) is 8.71. The number of sulfonamides is 1. The SMILES string of the molecule is C=CC1CN(CCOC)C(=O)C2CCCC1N2S(=O)(=O)c1cc(Cl)cc(Cl)c1. The van der Waals surface area contributed by atoms with Crippen LogP contribution < -0.4 is 0 Å². The molecule has 2 fully saturated rings. The van der Waals surface area contributed by atoms with Crippen molar-refractivity contribution in [3.8, 4) is 0 Å². The van der Waals surface area contributed by atoms with Crippen LogP contribution in [0.4, 0.5) is 0 Å². The van der Waals surface area contributed by atoms with Crippen molar-refractivity contribution >= 4 is 39.1 Å². The Balaban J connectivity index is 2.07. The Bertz CT molecular complexity index is 841. The molecule has 28 heavy (non-hydrogen) atoms. The maximum absolute atomic E-state index is 13.6. The Morgan fingerprint density at radius 3 is 2.54 bits per heavy atom. The number of ether oxygens (including phenoxy) is 1. The minimum atomic E-state index is -3.97. The Hall–Kier alpha value is -1.12. The normalized spacial score (nSPS) is 26.2. The van der Waals surface area contributed by atoms with E-state index in [1.165, 1.54) is 22.5 Å². The number of amides is 1. The number of fused-ring (bicyclic) bond motifs is 2. The second-order valence-corrected chi connectivity index (χ2v) is 9.85. The lowest BCUT2D eigenvalue weighted by Gasteiger charge is -2.40. The van der Waals surface area contributed by atoms with Gasteiger partial charge in [0.05, 0.1) is 11.5 Å². The first kappa shape index (κ1) is 21.6. The zero-order valence-electron chi connectivity index (χ0n) is 15.7. The molecular weight excluding hydrogens is 423 g/mol. The van der Waals surface area contributed by atoms with Crippen molar-refractivity contribution < 1.29 is 17.9 Å². The molecule has 0 aliphatic carbocycles. The lowest BCUT2D eigenvalue weighted by molar-refractivity contribution is -0.135. The quantitative estimate of drug-likeness (QED) is 0.629. The van der Waals surface area contributed by atoms with Crippen LogP contribution in [0.25, 0.3) is 0 Å². The average Bonchev–Trinajstić information content (AvgIpc) is 2.72. The van der Waals surface area contributed by atoms with Gasteiger partial charge >= 0.3 is 0 Å². The van der Waals surface area contributed by atoms with Gasteiger partial charge in [-0.2, -0.15) is 4.31 Å². The van der Waals surface area contributed by atoms with Gasteiger partial charge in [-0.25, -0.2) is 8.42 Å². The molecule has 0 saturated carbocycles. The van der Waals surface area contributed by atoms with Gasteiger partial charge in [-0.1, -0.05) is 29.3 Å². The fourth-order valence-corrected chi connectivity index (χ4v) is 6.70. The molecule has 9 heteroatoms. The summed E-state index contributed by atoms with van der Waals surface area (Å²) < 4.78 is 33.6. The van der Waals surface area contributed by atoms with Gasteiger partial charge in [-0.05, 0) is 37.5 Å². The van der Waals surface area contributed by atoms with E-state index in [0.29, 0.717) is 32.5 Å². The molecule has 2 bridgehead atoms. The van der Waals surface area contributed by atoms with Gasteiger partial charge < -0.3 is 9.64 Å². The van der Waals surface area contributed by atoms with Crippen LogP contribution in [-0.2, 0) is 19.6 Å². The summed E-state index contributed by atoms with van der Waals surface area (Å²) in [6, 6.07) is 3.15. The van der Waals surface area contributed by atoms with Gasteiger partial charge in [-0.3, -0.25) is 4.79 Å². The molecule has 3 atom stereocenters. The molecule has 2 aliphatic heterocycles. The van der Waals surface area contributed by atoms with E-state index in [1.807, 2.05) is 0 Å². The molecule has 0 aromatic heterocycles. The molecular formula is C19H24Cl2N2O4S. The van der Waals surface area contributed by atoms with E-state index >= 15 is 0 Å². The molecule has 1 aromatic carbocycles. The van der Waals surface area contributed by atoms with Crippen molar-refractivity contribution in [2.45, 2.75) is 36.2 Å². The summed E-state index contributed by atoms with van der Waals surface area (Å²) in [4.78, 5) is 14.9. The Morgan fingerprint density at radius 1 is 1.25 bits per heavy atom. The number of nitrogens with zero attached hydrogens (tertiary/aromatic N) is 2. The maximum Gasteiger partial charge on any atom is 0.244 e. The van der Waals surface area contributed by atoms with Crippen LogP contribution >= 0.6 is 23.2 Å². The van der Waals surface area contributed by atoms with E-state index < -0.39 is 16.1 Å². The summed E-state index contributed by atoms with van der Waals surface area (Å²) in [5.74, 6) is -0.363. The highest BCUT2D eigenvalue weighted by molar-refractivity contribution is 7.89. The van der Waals surface area contributed by atoms with E-state index in [4.69, 9.17) is 27.9 Å². The van der Waals surface area contributed by atoms with E-state index in [2.05, 4.69) is 6.58 Å². The predicted octanol–water partition coefficient (Wildman–Crippen LogP) is 3.20. The fraction of sp³-hybridized carbons (Fsp3) is 0.526. The first-order valence-electron chi connectivity index (χ1n) is 9.19. The third-order valence-electron chi connectivity index (χ3n) is 5.41. The minimum Gasteiger partial charge on any atom is -0.383 e. The Labute approximate surface area is 176 Å². The zero-order valence-corrected chi connectivity index (χ0v) is 18.0. The number of piperidine rings is 1. The van der Waals surface area contributed by atoms with Gasteiger partial charge in [0.1, 0.15) is 6.04 Å². The van der Waals surface area contributed by atoms with Gasteiger partial charge in [0.15, 0.2) is 0 Å². The third kappa shape index (κ3) is 4.09. The molecule has 1 amide bonds. The van der Waals surface area contributed by atoms with Crippen molar-refractivity contribution in [1.82, 2.24) is 9.21 Å². The number of hydrogen-bond donors (Lipinski definition) is 0. The van der Waals surface area contributed by atoms with E-state index in [0.717, 1.165) is 6.42 Å². The van der Waals surface area contributed by atoms with Crippen LogP contribution in [0.15, 0.2) is 35.7 Å². The molecule has 2 saturated heterocycles. The van der Waals surface area contributed by atoms with Crippen LogP contribution in [0.2, 0.25) is 10.0 Å². The molecule has 154 valence electrons. The van der Waals surface area contributed by atoms with Crippen LogP contribution in [0.5, 0.6) is 0 Å². The molecule has 2 heterocycles. The highest BCUT2D eigenvalue weighted by atomic mass is 35.5. The van der Waals surface area contributed by atoms with Gasteiger partial charge in [-0.15, -0.1) is 6.58 Å². The number of carbonyl (C=O) groups is 1. The van der Waals surface area contributed by atoms with Crippen molar-refractivity contribution in [3.05, 3.63) is 40.9 Å². The number of halogens is 2. The van der Waals surface area contributed by atoms with Crippen molar-refractivity contribution in [3.63, 3.8) is 0 Å².